The van der Waals surface area contributed by atoms with Crippen LogP contribution in [0.5, 0.6) is 11.5 Å². The lowest BCUT2D eigenvalue weighted by Crippen LogP contribution is -2.17. The van der Waals surface area contributed by atoms with E-state index in [9.17, 15) is 0 Å². The molecule has 1 aromatic carbocycles. The molecule has 0 fully saturated rings. The number of nitrogens with one attached hydrogen (secondary N) is 1. The summed E-state index contributed by atoms with van der Waals surface area (Å²) in [6, 6.07) is 5.82. The van der Waals surface area contributed by atoms with E-state index in [0.717, 1.165) is 36.6 Å². The summed E-state index contributed by atoms with van der Waals surface area (Å²) < 4.78 is 12.4. The van der Waals surface area contributed by atoms with E-state index < -0.39 is 0 Å². The predicted octanol–water partition coefficient (Wildman–Crippen LogP) is 1.77. The summed E-state index contributed by atoms with van der Waals surface area (Å²) in [6.45, 7) is 1.65. The molecule has 20 heavy (non-hydrogen) atoms. The molecule has 0 aliphatic carbocycles. The molecule has 0 amide bonds. The summed E-state index contributed by atoms with van der Waals surface area (Å²) in [7, 11) is 5.28. The Labute approximate surface area is 119 Å². The van der Waals surface area contributed by atoms with Gasteiger partial charge in [-0.15, -0.1) is 0 Å². The number of methoxy groups -OCH3 is 2. The number of hydrogen-bond donors (Lipinski definition) is 1. The van der Waals surface area contributed by atoms with Gasteiger partial charge in [-0.1, -0.05) is 0 Å². The first kappa shape index (κ1) is 14.4. The third-order valence-electron chi connectivity index (χ3n) is 3.15. The Hall–Kier alpha value is -2.01. The minimum Gasteiger partial charge on any atom is -0.497 e. The second kappa shape index (κ2) is 6.96. The Morgan fingerprint density at radius 1 is 1.25 bits per heavy atom. The fourth-order valence-corrected chi connectivity index (χ4v) is 2.08. The normalized spacial score (nSPS) is 10.6. The van der Waals surface area contributed by atoms with Crippen LogP contribution in [-0.4, -0.2) is 30.5 Å². The van der Waals surface area contributed by atoms with Crippen molar-refractivity contribution in [3.63, 3.8) is 0 Å². The van der Waals surface area contributed by atoms with Crippen molar-refractivity contribution in [1.82, 2.24) is 15.1 Å². The molecule has 1 heterocycles. The van der Waals surface area contributed by atoms with E-state index >= 15 is 0 Å². The van der Waals surface area contributed by atoms with E-state index in [1.165, 1.54) is 5.56 Å². The molecule has 5 heteroatoms. The predicted molar refractivity (Wildman–Crippen MR) is 78.2 cm³/mol. The van der Waals surface area contributed by atoms with Crippen LogP contribution in [0.15, 0.2) is 30.6 Å². The Bertz CT molecular complexity index is 552. The van der Waals surface area contributed by atoms with Crippen molar-refractivity contribution < 1.29 is 9.47 Å². The lowest BCUT2D eigenvalue weighted by molar-refractivity contribution is 0.397. The molecule has 0 radical (unpaired) electrons. The van der Waals surface area contributed by atoms with Gasteiger partial charge in [0, 0.05) is 25.4 Å². The van der Waals surface area contributed by atoms with E-state index in [1.54, 1.807) is 14.2 Å². The molecule has 2 aromatic rings. The highest BCUT2D eigenvalue weighted by Gasteiger charge is 2.04. The van der Waals surface area contributed by atoms with Gasteiger partial charge >= 0.3 is 0 Å². The second-order valence-electron chi connectivity index (χ2n) is 4.63. The zero-order valence-electron chi connectivity index (χ0n) is 12.2. The lowest BCUT2D eigenvalue weighted by atomic mass is 10.2. The van der Waals surface area contributed by atoms with Gasteiger partial charge in [0.2, 0.25) is 0 Å². The Balaban J connectivity index is 1.86. The topological polar surface area (TPSA) is 48.3 Å². The molecule has 0 bridgehead atoms. The highest BCUT2D eigenvalue weighted by molar-refractivity contribution is 5.40. The van der Waals surface area contributed by atoms with Crippen molar-refractivity contribution in [2.24, 2.45) is 7.05 Å². The van der Waals surface area contributed by atoms with Gasteiger partial charge in [-0.2, -0.15) is 5.10 Å². The minimum atomic E-state index is 0.751. The fraction of sp³-hybridized carbons (Fsp3) is 0.400. The number of aryl methyl sites for hydroxylation is 1. The van der Waals surface area contributed by atoms with Crippen LogP contribution < -0.4 is 14.8 Å². The third-order valence-corrected chi connectivity index (χ3v) is 3.15. The van der Waals surface area contributed by atoms with Crippen LogP contribution in [0.4, 0.5) is 0 Å². The van der Waals surface area contributed by atoms with Gasteiger partial charge in [0.15, 0.2) is 0 Å². The number of hydrogen-bond acceptors (Lipinski definition) is 4. The van der Waals surface area contributed by atoms with Crippen LogP contribution in [0, 0.1) is 0 Å². The van der Waals surface area contributed by atoms with Crippen molar-refractivity contribution in [2.45, 2.75) is 13.0 Å². The summed E-state index contributed by atoms with van der Waals surface area (Å²) in [5.41, 5.74) is 2.33. The number of ether oxygens (including phenoxy) is 2. The standard InChI is InChI=1S/C15H21N3O2/c1-18-11-12(9-17-18)6-7-16-10-13-8-14(19-2)4-5-15(13)20-3/h4-5,8-9,11,16H,6-7,10H2,1-3H3. The largest absolute Gasteiger partial charge is 0.497 e. The van der Waals surface area contributed by atoms with Crippen molar-refractivity contribution in [2.75, 3.05) is 20.8 Å². The van der Waals surface area contributed by atoms with Gasteiger partial charge < -0.3 is 14.8 Å². The molecule has 0 saturated heterocycles. The molecule has 1 N–H and O–H groups in total. The minimum absolute atomic E-state index is 0.751. The number of benzene rings is 1. The van der Waals surface area contributed by atoms with Gasteiger partial charge in [0.25, 0.3) is 0 Å². The van der Waals surface area contributed by atoms with Gasteiger partial charge in [0.1, 0.15) is 11.5 Å². The molecule has 0 aliphatic heterocycles. The van der Waals surface area contributed by atoms with E-state index in [0.29, 0.717) is 0 Å². The molecule has 2 rings (SSSR count). The van der Waals surface area contributed by atoms with Crippen LogP contribution in [0.3, 0.4) is 0 Å². The SMILES string of the molecule is COc1ccc(OC)c(CNCCc2cnn(C)c2)c1. The molecule has 5 nitrogen and oxygen atoms in total. The molecule has 108 valence electrons. The first-order chi connectivity index (χ1) is 9.72. The van der Waals surface area contributed by atoms with Gasteiger partial charge in [0.05, 0.1) is 20.4 Å². The highest BCUT2D eigenvalue weighted by atomic mass is 16.5. The summed E-state index contributed by atoms with van der Waals surface area (Å²) in [5.74, 6) is 1.72. The van der Waals surface area contributed by atoms with Crippen LogP contribution in [0.1, 0.15) is 11.1 Å². The molecule has 0 spiro atoms. The number of nitrogens with zero attached hydrogens (tertiary/aromatic N) is 2. The van der Waals surface area contributed by atoms with Gasteiger partial charge in [-0.05, 0) is 36.7 Å². The fourth-order valence-electron chi connectivity index (χ4n) is 2.08. The summed E-state index contributed by atoms with van der Waals surface area (Å²) in [4.78, 5) is 0. The number of aromatic nitrogens is 2. The first-order valence-corrected chi connectivity index (χ1v) is 6.62. The highest BCUT2D eigenvalue weighted by Crippen LogP contribution is 2.23. The van der Waals surface area contributed by atoms with Gasteiger partial charge in [-0.3, -0.25) is 4.68 Å². The van der Waals surface area contributed by atoms with E-state index in [-0.39, 0.29) is 0 Å². The smallest absolute Gasteiger partial charge is 0.123 e. The molecule has 0 atom stereocenters. The second-order valence-corrected chi connectivity index (χ2v) is 4.63. The quantitative estimate of drug-likeness (QED) is 0.782. The molecule has 1 aromatic heterocycles. The molecule has 0 saturated carbocycles. The Kier molecular flexibility index (Phi) is 5.01. The monoisotopic (exact) mass is 275 g/mol. The van der Waals surface area contributed by atoms with Crippen molar-refractivity contribution in [3.05, 3.63) is 41.7 Å². The summed E-state index contributed by atoms with van der Waals surface area (Å²) in [6.07, 6.45) is 4.89. The van der Waals surface area contributed by atoms with Crippen molar-refractivity contribution >= 4 is 0 Å². The molecule has 0 aliphatic rings. The maximum absolute atomic E-state index is 5.35. The molecular formula is C15H21N3O2. The summed E-state index contributed by atoms with van der Waals surface area (Å²) in [5, 5.41) is 7.57. The van der Waals surface area contributed by atoms with Crippen LogP contribution in [0.2, 0.25) is 0 Å². The van der Waals surface area contributed by atoms with Gasteiger partial charge in [-0.25, -0.2) is 0 Å². The van der Waals surface area contributed by atoms with Crippen LogP contribution in [-0.2, 0) is 20.0 Å². The van der Waals surface area contributed by atoms with Crippen LogP contribution >= 0.6 is 0 Å². The summed E-state index contributed by atoms with van der Waals surface area (Å²) >= 11 is 0. The Morgan fingerprint density at radius 2 is 2.10 bits per heavy atom. The number of rotatable bonds is 7. The third kappa shape index (κ3) is 3.74. The maximum atomic E-state index is 5.35. The zero-order valence-corrected chi connectivity index (χ0v) is 12.2. The lowest BCUT2D eigenvalue weighted by Gasteiger charge is -2.11. The average Bonchev–Trinajstić information content (AvgIpc) is 2.89. The Morgan fingerprint density at radius 3 is 2.75 bits per heavy atom. The maximum Gasteiger partial charge on any atom is 0.123 e. The molecular weight excluding hydrogens is 254 g/mol. The van der Waals surface area contributed by atoms with E-state index in [1.807, 2.05) is 42.3 Å². The first-order valence-electron chi connectivity index (χ1n) is 6.62. The zero-order chi connectivity index (χ0) is 14.4. The van der Waals surface area contributed by atoms with Crippen LogP contribution in [0.25, 0.3) is 0 Å². The average molecular weight is 275 g/mol. The van der Waals surface area contributed by atoms with Crippen molar-refractivity contribution in [1.29, 1.82) is 0 Å². The van der Waals surface area contributed by atoms with Crippen molar-refractivity contribution in [3.8, 4) is 11.5 Å². The van der Waals surface area contributed by atoms with E-state index in [4.69, 9.17) is 9.47 Å². The molecule has 0 unspecified atom stereocenters. The van der Waals surface area contributed by atoms with E-state index in [2.05, 4.69) is 10.4 Å².